The van der Waals surface area contributed by atoms with E-state index in [9.17, 15) is 25.9 Å². The second-order valence-corrected chi connectivity index (χ2v) is 10.7. The molecular weight excluding hydrogens is 542 g/mol. The van der Waals surface area contributed by atoms with Crippen molar-refractivity contribution < 1.29 is 25.9 Å². The van der Waals surface area contributed by atoms with Crippen LogP contribution in [0.1, 0.15) is 22.3 Å². The van der Waals surface area contributed by atoms with E-state index in [-0.39, 0.29) is 68.9 Å². The topological polar surface area (TPSA) is 109 Å². The van der Waals surface area contributed by atoms with Crippen LogP contribution in [0.4, 0.5) is 0 Å². The summed E-state index contributed by atoms with van der Waals surface area (Å²) >= 11 is 0. The van der Waals surface area contributed by atoms with Gasteiger partial charge in [0.25, 0.3) is 20.2 Å². The van der Waals surface area contributed by atoms with Gasteiger partial charge in [0, 0.05) is 0 Å². The molecule has 0 bridgehead atoms. The minimum absolute atomic E-state index is 0. The molecule has 0 aromatic heterocycles. The van der Waals surface area contributed by atoms with Gasteiger partial charge in [0.05, 0.1) is 0 Å². The third-order valence-corrected chi connectivity index (χ3v) is 7.31. The molecule has 0 fully saturated rings. The fourth-order valence-corrected chi connectivity index (χ4v) is 5.02. The predicted octanol–water partition coefficient (Wildman–Crippen LogP) is 4.89. The molecule has 0 saturated carbocycles. The normalized spacial score (nSPS) is 11.7. The SMILES string of the molecule is O=S(=O)(O)c1ccccc1C=Cc1ccc(-c2ccc(C=Cc3ccccc3S(=O)(=O)O)cc2)cc1.[NaH].[NaH]. The molecular formula is C28H24Na2O6S2. The molecule has 0 heterocycles. The van der Waals surface area contributed by atoms with Gasteiger partial charge in [-0.25, -0.2) is 0 Å². The summed E-state index contributed by atoms with van der Waals surface area (Å²) in [4.78, 5) is -0.290. The summed E-state index contributed by atoms with van der Waals surface area (Å²) in [5, 5.41) is 0. The Morgan fingerprint density at radius 1 is 0.447 bits per heavy atom. The van der Waals surface area contributed by atoms with E-state index in [2.05, 4.69) is 0 Å². The van der Waals surface area contributed by atoms with Gasteiger partial charge in [0.2, 0.25) is 0 Å². The van der Waals surface area contributed by atoms with Gasteiger partial charge in [0.15, 0.2) is 0 Å². The van der Waals surface area contributed by atoms with Crippen molar-refractivity contribution in [2.24, 2.45) is 0 Å². The van der Waals surface area contributed by atoms with Crippen molar-refractivity contribution in [3.05, 3.63) is 119 Å². The Hall–Kier alpha value is -1.82. The summed E-state index contributed by atoms with van der Waals surface area (Å²) in [7, 11) is -8.61. The molecule has 0 atom stereocenters. The molecule has 0 unspecified atom stereocenters. The number of benzene rings is 4. The van der Waals surface area contributed by atoms with Crippen molar-refractivity contribution in [1.82, 2.24) is 0 Å². The Bertz CT molecular complexity index is 1530. The van der Waals surface area contributed by atoms with Crippen LogP contribution in [0.5, 0.6) is 0 Å². The molecule has 2 N–H and O–H groups in total. The Morgan fingerprint density at radius 2 is 0.763 bits per heavy atom. The van der Waals surface area contributed by atoms with Gasteiger partial charge < -0.3 is 0 Å². The van der Waals surface area contributed by atoms with E-state index in [1.165, 1.54) is 12.1 Å². The van der Waals surface area contributed by atoms with Gasteiger partial charge in [-0.15, -0.1) is 0 Å². The van der Waals surface area contributed by atoms with E-state index in [0.29, 0.717) is 11.1 Å². The number of hydrogen-bond donors (Lipinski definition) is 2. The predicted molar refractivity (Wildman–Crippen MR) is 157 cm³/mol. The van der Waals surface area contributed by atoms with Gasteiger partial charge in [-0.2, -0.15) is 16.8 Å². The van der Waals surface area contributed by atoms with Crippen LogP contribution < -0.4 is 0 Å². The van der Waals surface area contributed by atoms with E-state index in [0.717, 1.165) is 22.3 Å². The molecule has 0 amide bonds. The fraction of sp³-hybridized carbons (Fsp3) is 0. The first-order chi connectivity index (χ1) is 17.1. The Kier molecular flexibility index (Phi) is 11.9. The second kappa shape index (κ2) is 14.0. The van der Waals surface area contributed by atoms with Crippen molar-refractivity contribution >= 4 is 104 Å². The number of rotatable bonds is 7. The summed E-state index contributed by atoms with van der Waals surface area (Å²) in [5.41, 5.74) is 4.48. The van der Waals surface area contributed by atoms with Crippen LogP contribution >= 0.6 is 0 Å². The molecule has 0 saturated heterocycles. The number of hydrogen-bond acceptors (Lipinski definition) is 4. The van der Waals surface area contributed by atoms with Crippen LogP contribution in [0.2, 0.25) is 0 Å². The molecule has 0 spiro atoms. The van der Waals surface area contributed by atoms with Gasteiger partial charge in [-0.3, -0.25) is 9.11 Å². The molecule has 0 aliphatic carbocycles. The molecule has 0 aliphatic rings. The van der Waals surface area contributed by atoms with Crippen LogP contribution in [0.3, 0.4) is 0 Å². The second-order valence-electron chi connectivity index (χ2n) is 7.94. The van der Waals surface area contributed by atoms with Crippen molar-refractivity contribution in [2.75, 3.05) is 0 Å². The molecule has 6 nitrogen and oxygen atoms in total. The first kappa shape index (κ1) is 32.4. The average Bonchev–Trinajstić information content (AvgIpc) is 2.86. The van der Waals surface area contributed by atoms with Gasteiger partial charge in [-0.05, 0) is 45.5 Å². The van der Waals surface area contributed by atoms with E-state index in [1.807, 2.05) is 48.5 Å². The molecule has 4 aromatic carbocycles. The summed E-state index contributed by atoms with van der Waals surface area (Å²) < 4.78 is 64.9. The van der Waals surface area contributed by atoms with Gasteiger partial charge >= 0.3 is 59.1 Å². The van der Waals surface area contributed by atoms with Crippen LogP contribution in [0.25, 0.3) is 35.4 Å². The van der Waals surface area contributed by atoms with E-state index in [4.69, 9.17) is 0 Å². The maximum absolute atomic E-state index is 11.5. The zero-order valence-electron chi connectivity index (χ0n) is 18.9. The van der Waals surface area contributed by atoms with E-state index >= 15 is 0 Å². The third-order valence-electron chi connectivity index (χ3n) is 5.46. The Balaban J connectivity index is 0.00000253. The van der Waals surface area contributed by atoms with Crippen molar-refractivity contribution in [3.63, 3.8) is 0 Å². The zero-order valence-corrected chi connectivity index (χ0v) is 20.5. The molecule has 10 heteroatoms. The van der Waals surface area contributed by atoms with Crippen LogP contribution in [-0.2, 0) is 20.2 Å². The summed E-state index contributed by atoms with van der Waals surface area (Å²) in [6.45, 7) is 0. The van der Waals surface area contributed by atoms with Gasteiger partial charge in [0.1, 0.15) is 9.79 Å². The van der Waals surface area contributed by atoms with E-state index in [1.54, 1.807) is 60.7 Å². The Labute approximate surface area is 267 Å². The van der Waals surface area contributed by atoms with Crippen molar-refractivity contribution in [1.29, 1.82) is 0 Å². The standard InChI is InChI=1S/C28H22O6S2.2Na.2H/c29-35(30,31)27-7-3-1-5-25(27)19-13-21-9-15-23(16-10-21)24-17-11-22(12-18-24)14-20-26-6-2-4-8-28(26)36(32,33)34;;;;/h1-20H,(H,29,30,31)(H,32,33,34);;;;. The first-order valence-electron chi connectivity index (χ1n) is 10.8. The van der Waals surface area contributed by atoms with Crippen molar-refractivity contribution in [2.45, 2.75) is 9.79 Å². The summed E-state index contributed by atoms with van der Waals surface area (Å²) in [5.74, 6) is 0. The maximum atomic E-state index is 11.5. The molecule has 186 valence electrons. The quantitative estimate of drug-likeness (QED) is 0.187. The summed E-state index contributed by atoms with van der Waals surface area (Å²) in [6, 6.07) is 27.8. The fourth-order valence-electron chi connectivity index (χ4n) is 3.65. The minimum atomic E-state index is -4.31. The third kappa shape index (κ3) is 8.59. The summed E-state index contributed by atoms with van der Waals surface area (Å²) in [6.07, 6.45) is 6.82. The molecule has 0 aliphatic heterocycles. The molecule has 38 heavy (non-hydrogen) atoms. The van der Waals surface area contributed by atoms with E-state index < -0.39 is 20.2 Å². The first-order valence-corrected chi connectivity index (χ1v) is 13.7. The monoisotopic (exact) mass is 566 g/mol. The zero-order chi connectivity index (χ0) is 25.8. The molecule has 4 rings (SSSR count). The molecule has 4 aromatic rings. The van der Waals surface area contributed by atoms with Crippen LogP contribution in [0.15, 0.2) is 107 Å². The van der Waals surface area contributed by atoms with Crippen LogP contribution in [-0.4, -0.2) is 85.1 Å². The Morgan fingerprint density at radius 3 is 1.08 bits per heavy atom. The van der Waals surface area contributed by atoms with Crippen molar-refractivity contribution in [3.8, 4) is 11.1 Å². The van der Waals surface area contributed by atoms with Crippen LogP contribution in [0, 0.1) is 0 Å². The molecule has 0 radical (unpaired) electrons. The van der Waals surface area contributed by atoms with Gasteiger partial charge in [-0.1, -0.05) is 109 Å². The average molecular weight is 567 g/mol.